The zero-order chi connectivity index (χ0) is 16.8. The first-order chi connectivity index (χ1) is 11.7. The van der Waals surface area contributed by atoms with Crippen LogP contribution in [0.25, 0.3) is 0 Å². The number of hydrogen-bond acceptors (Lipinski definition) is 3. The third kappa shape index (κ3) is 4.62. The lowest BCUT2D eigenvalue weighted by Crippen LogP contribution is -2.44. The van der Waals surface area contributed by atoms with Gasteiger partial charge < -0.3 is 10.2 Å². The van der Waals surface area contributed by atoms with Crippen LogP contribution in [0.5, 0.6) is 0 Å². The quantitative estimate of drug-likeness (QED) is 0.842. The van der Waals surface area contributed by atoms with E-state index < -0.39 is 0 Å². The van der Waals surface area contributed by atoms with E-state index in [1.165, 1.54) is 0 Å². The second kappa shape index (κ2) is 8.36. The van der Waals surface area contributed by atoms with E-state index >= 15 is 0 Å². The molecule has 1 saturated heterocycles. The normalized spacial score (nSPS) is 17.4. The average Bonchev–Trinajstić information content (AvgIpc) is 2.63. The fourth-order valence-electron chi connectivity index (χ4n) is 2.97. The number of rotatable bonds is 5. The molecule has 1 atom stereocenters. The SMILES string of the molecule is CN1CCC(NC(=O)C(Sc2ccccc2)c2ccccc2)CC1. The highest BCUT2D eigenvalue weighted by atomic mass is 32.2. The van der Waals surface area contributed by atoms with Crippen molar-refractivity contribution in [2.45, 2.75) is 29.0 Å². The van der Waals surface area contributed by atoms with Crippen LogP contribution in [0.15, 0.2) is 65.6 Å². The van der Waals surface area contributed by atoms with Crippen molar-refractivity contribution < 1.29 is 4.79 Å². The first-order valence-corrected chi connectivity index (χ1v) is 9.36. The molecule has 0 saturated carbocycles. The number of nitrogens with one attached hydrogen (secondary N) is 1. The molecule has 1 fully saturated rings. The number of carbonyl (C=O) groups excluding carboxylic acids is 1. The minimum atomic E-state index is -0.215. The first kappa shape index (κ1) is 17.1. The monoisotopic (exact) mass is 340 g/mol. The van der Waals surface area contributed by atoms with Gasteiger partial charge in [0.1, 0.15) is 5.25 Å². The van der Waals surface area contributed by atoms with Crippen molar-refractivity contribution in [1.29, 1.82) is 0 Å². The number of likely N-dealkylation sites (tertiary alicyclic amines) is 1. The Labute approximate surface area is 148 Å². The van der Waals surface area contributed by atoms with Crippen LogP contribution in [0.3, 0.4) is 0 Å². The van der Waals surface area contributed by atoms with E-state index in [1.807, 2.05) is 48.5 Å². The first-order valence-electron chi connectivity index (χ1n) is 8.48. The Balaban J connectivity index is 1.73. The number of amides is 1. The number of hydrogen-bond donors (Lipinski definition) is 1. The van der Waals surface area contributed by atoms with E-state index in [-0.39, 0.29) is 17.2 Å². The maximum absolute atomic E-state index is 13.0. The van der Waals surface area contributed by atoms with Crippen molar-refractivity contribution >= 4 is 17.7 Å². The van der Waals surface area contributed by atoms with Crippen LogP contribution in [0.4, 0.5) is 0 Å². The molecule has 1 aliphatic heterocycles. The summed E-state index contributed by atoms with van der Waals surface area (Å²) in [6.07, 6.45) is 2.06. The van der Waals surface area contributed by atoms with Gasteiger partial charge in [0.05, 0.1) is 0 Å². The lowest BCUT2D eigenvalue weighted by molar-refractivity contribution is -0.121. The van der Waals surface area contributed by atoms with Gasteiger partial charge in [0, 0.05) is 10.9 Å². The van der Waals surface area contributed by atoms with E-state index in [4.69, 9.17) is 0 Å². The Kier molecular flexibility index (Phi) is 5.94. The Hall–Kier alpha value is -1.78. The third-order valence-corrected chi connectivity index (χ3v) is 5.67. The maximum atomic E-state index is 13.0. The molecule has 1 amide bonds. The highest BCUT2D eigenvalue weighted by molar-refractivity contribution is 8.00. The largest absolute Gasteiger partial charge is 0.352 e. The second-order valence-electron chi connectivity index (χ2n) is 6.31. The number of piperidine rings is 1. The van der Waals surface area contributed by atoms with Crippen LogP contribution >= 0.6 is 11.8 Å². The summed E-state index contributed by atoms with van der Waals surface area (Å²) in [5.41, 5.74) is 1.05. The van der Waals surface area contributed by atoms with Gasteiger partial charge in [-0.3, -0.25) is 4.79 Å². The van der Waals surface area contributed by atoms with Gasteiger partial charge in [0.15, 0.2) is 0 Å². The molecule has 0 bridgehead atoms. The van der Waals surface area contributed by atoms with Crippen molar-refractivity contribution in [3.63, 3.8) is 0 Å². The van der Waals surface area contributed by atoms with Crippen LogP contribution in [-0.2, 0) is 4.79 Å². The summed E-state index contributed by atoms with van der Waals surface area (Å²) in [5.74, 6) is 0.115. The van der Waals surface area contributed by atoms with E-state index in [2.05, 4.69) is 29.4 Å². The number of benzene rings is 2. The van der Waals surface area contributed by atoms with E-state index in [1.54, 1.807) is 11.8 Å². The summed E-state index contributed by atoms with van der Waals surface area (Å²) < 4.78 is 0. The predicted molar refractivity (Wildman–Crippen MR) is 100 cm³/mol. The molecule has 0 aromatic heterocycles. The molecule has 0 radical (unpaired) electrons. The fraction of sp³-hybridized carbons (Fsp3) is 0.350. The van der Waals surface area contributed by atoms with Gasteiger partial charge >= 0.3 is 0 Å². The topological polar surface area (TPSA) is 32.3 Å². The molecule has 1 heterocycles. The van der Waals surface area contributed by atoms with Crippen molar-refractivity contribution in [3.8, 4) is 0 Å². The molecule has 1 N–H and O–H groups in total. The summed E-state index contributed by atoms with van der Waals surface area (Å²) in [4.78, 5) is 16.4. The Morgan fingerprint density at radius 3 is 2.25 bits per heavy atom. The average molecular weight is 340 g/mol. The molecule has 1 aliphatic rings. The van der Waals surface area contributed by atoms with Crippen molar-refractivity contribution in [2.75, 3.05) is 20.1 Å². The second-order valence-corrected chi connectivity index (χ2v) is 7.49. The summed E-state index contributed by atoms with van der Waals surface area (Å²) in [6, 6.07) is 20.5. The summed E-state index contributed by atoms with van der Waals surface area (Å²) >= 11 is 1.62. The standard InChI is InChI=1S/C20H24N2OS/c1-22-14-12-17(13-15-22)21-20(23)19(16-8-4-2-5-9-16)24-18-10-6-3-7-11-18/h2-11,17,19H,12-15H2,1H3,(H,21,23). The Morgan fingerprint density at radius 1 is 1.04 bits per heavy atom. The number of nitrogens with zero attached hydrogens (tertiary/aromatic N) is 1. The lowest BCUT2D eigenvalue weighted by Gasteiger charge is -2.30. The van der Waals surface area contributed by atoms with Crippen LogP contribution in [0.2, 0.25) is 0 Å². The minimum absolute atomic E-state index is 0.115. The van der Waals surface area contributed by atoms with E-state index in [9.17, 15) is 4.79 Å². The predicted octanol–water partition coefficient (Wildman–Crippen LogP) is 3.73. The van der Waals surface area contributed by atoms with Crippen LogP contribution in [0.1, 0.15) is 23.7 Å². The molecule has 4 heteroatoms. The molecular weight excluding hydrogens is 316 g/mol. The third-order valence-electron chi connectivity index (χ3n) is 4.40. The molecule has 0 spiro atoms. The smallest absolute Gasteiger partial charge is 0.238 e. The highest BCUT2D eigenvalue weighted by Gasteiger charge is 2.25. The van der Waals surface area contributed by atoms with Crippen molar-refractivity contribution in [3.05, 3.63) is 66.2 Å². The van der Waals surface area contributed by atoms with Gasteiger partial charge in [0.2, 0.25) is 5.91 Å². The highest BCUT2D eigenvalue weighted by Crippen LogP contribution is 2.35. The number of carbonyl (C=O) groups is 1. The maximum Gasteiger partial charge on any atom is 0.238 e. The molecule has 0 aliphatic carbocycles. The van der Waals surface area contributed by atoms with Crippen molar-refractivity contribution in [2.24, 2.45) is 0 Å². The molecule has 126 valence electrons. The molecule has 2 aromatic rings. The Morgan fingerprint density at radius 2 is 1.62 bits per heavy atom. The summed E-state index contributed by atoms with van der Waals surface area (Å²) in [6.45, 7) is 2.10. The molecule has 1 unspecified atom stereocenters. The zero-order valence-electron chi connectivity index (χ0n) is 14.0. The Bertz CT molecular complexity index is 639. The van der Waals surface area contributed by atoms with Gasteiger partial charge in [-0.2, -0.15) is 0 Å². The van der Waals surface area contributed by atoms with E-state index in [0.29, 0.717) is 0 Å². The van der Waals surface area contributed by atoms with Gasteiger partial charge in [-0.05, 0) is 50.7 Å². The minimum Gasteiger partial charge on any atom is -0.352 e. The van der Waals surface area contributed by atoms with Gasteiger partial charge in [-0.15, -0.1) is 11.8 Å². The number of thioether (sulfide) groups is 1. The molecular formula is C20H24N2OS. The van der Waals surface area contributed by atoms with Crippen LogP contribution in [0, 0.1) is 0 Å². The van der Waals surface area contributed by atoms with Gasteiger partial charge in [0.25, 0.3) is 0 Å². The van der Waals surface area contributed by atoms with Gasteiger partial charge in [-0.1, -0.05) is 48.5 Å². The zero-order valence-corrected chi connectivity index (χ0v) is 14.8. The lowest BCUT2D eigenvalue weighted by atomic mass is 10.0. The molecule has 24 heavy (non-hydrogen) atoms. The molecule has 3 nitrogen and oxygen atoms in total. The van der Waals surface area contributed by atoms with Crippen LogP contribution < -0.4 is 5.32 Å². The summed E-state index contributed by atoms with van der Waals surface area (Å²) in [5, 5.41) is 3.06. The molecule has 2 aromatic carbocycles. The molecule has 3 rings (SSSR count). The van der Waals surface area contributed by atoms with Gasteiger partial charge in [-0.25, -0.2) is 0 Å². The van der Waals surface area contributed by atoms with E-state index in [0.717, 1.165) is 36.4 Å². The fourth-order valence-corrected chi connectivity index (χ4v) is 4.02. The van der Waals surface area contributed by atoms with Crippen LogP contribution in [-0.4, -0.2) is 37.0 Å². The van der Waals surface area contributed by atoms with Crippen molar-refractivity contribution in [1.82, 2.24) is 10.2 Å². The summed E-state index contributed by atoms with van der Waals surface area (Å²) in [7, 11) is 2.13.